The van der Waals surface area contributed by atoms with Crippen molar-refractivity contribution in [3.63, 3.8) is 0 Å². The van der Waals surface area contributed by atoms with Crippen LogP contribution in [0.3, 0.4) is 0 Å². The number of hydrogen-bond acceptors (Lipinski definition) is 3. The molecule has 3 rings (SSSR count). The summed E-state index contributed by atoms with van der Waals surface area (Å²) in [6.45, 7) is 4.26. The number of rotatable bonds is 2. The lowest BCUT2D eigenvalue weighted by Crippen LogP contribution is -2.20. The van der Waals surface area contributed by atoms with E-state index in [0.29, 0.717) is 0 Å². The molecule has 0 unspecified atom stereocenters. The van der Waals surface area contributed by atoms with Gasteiger partial charge < -0.3 is 4.90 Å². The zero-order chi connectivity index (χ0) is 12.4. The standard InChI is InChI=1S/C15H17N3/c1-12-4-6-13(7-5-12)14-8-9-16-15(17-14)18-10-2-3-11-18/h4-9H,2-3,10-11H2,1H3. The summed E-state index contributed by atoms with van der Waals surface area (Å²) in [5.41, 5.74) is 3.43. The Balaban J connectivity index is 1.92. The third-order valence-corrected chi connectivity index (χ3v) is 3.38. The predicted molar refractivity (Wildman–Crippen MR) is 73.7 cm³/mol. The average Bonchev–Trinajstić information content (AvgIpc) is 2.94. The maximum Gasteiger partial charge on any atom is 0.225 e. The molecule has 0 atom stereocenters. The lowest BCUT2D eigenvalue weighted by Gasteiger charge is -2.15. The van der Waals surface area contributed by atoms with Gasteiger partial charge in [-0.3, -0.25) is 0 Å². The SMILES string of the molecule is Cc1ccc(-c2ccnc(N3CCCC3)n2)cc1. The predicted octanol–water partition coefficient (Wildman–Crippen LogP) is 3.05. The van der Waals surface area contributed by atoms with Crippen LogP contribution in [0.2, 0.25) is 0 Å². The Bertz CT molecular complexity index is 528. The van der Waals surface area contributed by atoms with E-state index in [2.05, 4.69) is 46.1 Å². The number of hydrogen-bond donors (Lipinski definition) is 0. The van der Waals surface area contributed by atoms with Gasteiger partial charge in [-0.2, -0.15) is 0 Å². The maximum atomic E-state index is 4.67. The number of nitrogens with zero attached hydrogens (tertiary/aromatic N) is 3. The van der Waals surface area contributed by atoms with Crippen LogP contribution in [0.5, 0.6) is 0 Å². The second kappa shape index (κ2) is 4.77. The first-order valence-corrected chi connectivity index (χ1v) is 6.48. The summed E-state index contributed by atoms with van der Waals surface area (Å²) < 4.78 is 0. The molecular formula is C15H17N3. The van der Waals surface area contributed by atoms with Gasteiger partial charge in [-0.15, -0.1) is 0 Å². The molecule has 2 aromatic rings. The van der Waals surface area contributed by atoms with Gasteiger partial charge in [-0.1, -0.05) is 29.8 Å². The molecule has 1 aromatic carbocycles. The molecule has 0 bridgehead atoms. The van der Waals surface area contributed by atoms with E-state index in [0.717, 1.165) is 30.3 Å². The van der Waals surface area contributed by atoms with Gasteiger partial charge in [-0.05, 0) is 25.8 Å². The van der Waals surface area contributed by atoms with Crippen LogP contribution in [0.1, 0.15) is 18.4 Å². The Morgan fingerprint density at radius 3 is 2.44 bits per heavy atom. The summed E-state index contributed by atoms with van der Waals surface area (Å²) in [7, 11) is 0. The second-order valence-electron chi connectivity index (χ2n) is 4.80. The highest BCUT2D eigenvalue weighted by atomic mass is 15.3. The fourth-order valence-electron chi connectivity index (χ4n) is 2.30. The van der Waals surface area contributed by atoms with E-state index in [1.807, 2.05) is 12.3 Å². The van der Waals surface area contributed by atoms with Gasteiger partial charge in [0, 0.05) is 24.8 Å². The minimum Gasteiger partial charge on any atom is -0.341 e. The van der Waals surface area contributed by atoms with Crippen molar-refractivity contribution in [1.29, 1.82) is 0 Å². The fourth-order valence-corrected chi connectivity index (χ4v) is 2.30. The summed E-state index contributed by atoms with van der Waals surface area (Å²) in [5.74, 6) is 0.866. The van der Waals surface area contributed by atoms with Gasteiger partial charge in [0.25, 0.3) is 0 Å². The smallest absolute Gasteiger partial charge is 0.225 e. The van der Waals surface area contributed by atoms with Gasteiger partial charge in [-0.25, -0.2) is 9.97 Å². The normalized spacial score (nSPS) is 15.1. The summed E-state index contributed by atoms with van der Waals surface area (Å²) in [5, 5.41) is 0. The zero-order valence-corrected chi connectivity index (χ0v) is 10.6. The second-order valence-corrected chi connectivity index (χ2v) is 4.80. The van der Waals surface area contributed by atoms with Crippen molar-refractivity contribution in [3.05, 3.63) is 42.1 Å². The molecule has 92 valence electrons. The number of aromatic nitrogens is 2. The van der Waals surface area contributed by atoms with Crippen LogP contribution in [0, 0.1) is 6.92 Å². The Kier molecular flexibility index (Phi) is 2.97. The summed E-state index contributed by atoms with van der Waals surface area (Å²) in [6, 6.07) is 10.4. The lowest BCUT2D eigenvalue weighted by molar-refractivity contribution is 0.900. The van der Waals surface area contributed by atoms with Crippen LogP contribution in [0.15, 0.2) is 36.5 Å². The van der Waals surface area contributed by atoms with E-state index in [-0.39, 0.29) is 0 Å². The first-order valence-electron chi connectivity index (χ1n) is 6.48. The van der Waals surface area contributed by atoms with E-state index in [9.17, 15) is 0 Å². The molecule has 0 saturated carbocycles. The Hall–Kier alpha value is -1.90. The van der Waals surface area contributed by atoms with E-state index >= 15 is 0 Å². The van der Waals surface area contributed by atoms with E-state index < -0.39 is 0 Å². The Morgan fingerprint density at radius 1 is 1.00 bits per heavy atom. The first kappa shape index (κ1) is 11.2. The third kappa shape index (κ3) is 2.21. The van der Waals surface area contributed by atoms with Crippen LogP contribution >= 0.6 is 0 Å². The fraction of sp³-hybridized carbons (Fsp3) is 0.333. The van der Waals surface area contributed by atoms with Gasteiger partial charge in [0.05, 0.1) is 5.69 Å². The van der Waals surface area contributed by atoms with E-state index in [1.54, 1.807) is 0 Å². The largest absolute Gasteiger partial charge is 0.341 e. The molecule has 1 aliphatic rings. The van der Waals surface area contributed by atoms with Crippen LogP contribution < -0.4 is 4.90 Å². The molecule has 1 aliphatic heterocycles. The van der Waals surface area contributed by atoms with Crippen LogP contribution in [0.4, 0.5) is 5.95 Å². The quantitative estimate of drug-likeness (QED) is 0.806. The third-order valence-electron chi connectivity index (χ3n) is 3.38. The molecule has 0 N–H and O–H groups in total. The summed E-state index contributed by atoms with van der Waals surface area (Å²) >= 11 is 0. The summed E-state index contributed by atoms with van der Waals surface area (Å²) in [6.07, 6.45) is 4.35. The number of benzene rings is 1. The maximum absolute atomic E-state index is 4.67. The van der Waals surface area contributed by atoms with Crippen LogP contribution in [0.25, 0.3) is 11.3 Å². The highest BCUT2D eigenvalue weighted by Crippen LogP contribution is 2.21. The molecule has 3 heteroatoms. The molecule has 0 amide bonds. The highest BCUT2D eigenvalue weighted by Gasteiger charge is 2.15. The minimum atomic E-state index is 0.866. The first-order chi connectivity index (χ1) is 8.83. The van der Waals surface area contributed by atoms with E-state index in [4.69, 9.17) is 0 Å². The topological polar surface area (TPSA) is 29.0 Å². The highest BCUT2D eigenvalue weighted by molar-refractivity contribution is 5.60. The minimum absolute atomic E-state index is 0.866. The molecule has 3 nitrogen and oxygen atoms in total. The molecule has 0 radical (unpaired) electrons. The number of aryl methyl sites for hydroxylation is 1. The molecular weight excluding hydrogens is 222 g/mol. The summed E-state index contributed by atoms with van der Waals surface area (Å²) in [4.78, 5) is 11.3. The molecule has 1 aromatic heterocycles. The van der Waals surface area contributed by atoms with Gasteiger partial charge in [0.15, 0.2) is 0 Å². The van der Waals surface area contributed by atoms with Crippen molar-refractivity contribution in [3.8, 4) is 11.3 Å². The molecule has 2 heterocycles. The average molecular weight is 239 g/mol. The molecule has 1 fully saturated rings. The number of anilines is 1. The van der Waals surface area contributed by atoms with E-state index in [1.165, 1.54) is 18.4 Å². The zero-order valence-electron chi connectivity index (χ0n) is 10.6. The van der Waals surface area contributed by atoms with Gasteiger partial charge in [0.2, 0.25) is 5.95 Å². The van der Waals surface area contributed by atoms with Crippen LogP contribution in [-0.4, -0.2) is 23.1 Å². The Morgan fingerprint density at radius 2 is 1.72 bits per heavy atom. The molecule has 18 heavy (non-hydrogen) atoms. The van der Waals surface area contributed by atoms with Crippen molar-refractivity contribution in [2.45, 2.75) is 19.8 Å². The lowest BCUT2D eigenvalue weighted by atomic mass is 10.1. The van der Waals surface area contributed by atoms with Crippen molar-refractivity contribution < 1.29 is 0 Å². The monoisotopic (exact) mass is 239 g/mol. The Labute approximate surface area is 108 Å². The van der Waals surface area contributed by atoms with Gasteiger partial charge >= 0.3 is 0 Å². The molecule has 0 aliphatic carbocycles. The van der Waals surface area contributed by atoms with Crippen molar-refractivity contribution in [2.75, 3.05) is 18.0 Å². The molecule has 0 spiro atoms. The molecule has 1 saturated heterocycles. The van der Waals surface area contributed by atoms with Crippen molar-refractivity contribution >= 4 is 5.95 Å². The van der Waals surface area contributed by atoms with Crippen molar-refractivity contribution in [2.24, 2.45) is 0 Å². The van der Waals surface area contributed by atoms with Crippen molar-refractivity contribution in [1.82, 2.24) is 9.97 Å². The van der Waals surface area contributed by atoms with Gasteiger partial charge in [0.1, 0.15) is 0 Å². The van der Waals surface area contributed by atoms with Crippen LogP contribution in [-0.2, 0) is 0 Å².